The Morgan fingerprint density at radius 1 is 0.944 bits per heavy atom. The molecule has 3 aromatic carbocycles. The quantitative estimate of drug-likeness (QED) is 0.324. The number of fused-ring (bicyclic) bond motifs is 3. The van der Waals surface area contributed by atoms with E-state index in [-0.39, 0.29) is 17.9 Å². The summed E-state index contributed by atoms with van der Waals surface area (Å²) in [7, 11) is -2.07. The average Bonchev–Trinajstić information content (AvgIpc) is 3.18. The van der Waals surface area contributed by atoms with Gasteiger partial charge in [0.25, 0.3) is 10.0 Å². The van der Waals surface area contributed by atoms with Gasteiger partial charge in [0.15, 0.2) is 0 Å². The van der Waals surface area contributed by atoms with E-state index < -0.39 is 22.0 Å². The predicted octanol–water partition coefficient (Wildman–Crippen LogP) is 5.57. The van der Waals surface area contributed by atoms with Crippen LogP contribution in [0.3, 0.4) is 0 Å². The minimum absolute atomic E-state index is 0.103. The number of ether oxygens (including phenoxy) is 1. The first-order valence-electron chi connectivity index (χ1n) is 11.9. The summed E-state index contributed by atoms with van der Waals surface area (Å²) < 4.78 is 36.8. The maximum Gasteiger partial charge on any atom is 0.308 e. The molecule has 36 heavy (non-hydrogen) atoms. The van der Waals surface area contributed by atoms with Crippen molar-refractivity contribution in [3.63, 3.8) is 0 Å². The Morgan fingerprint density at radius 3 is 2.31 bits per heavy atom. The second-order valence-electron chi connectivity index (χ2n) is 8.92. The molecule has 0 fully saturated rings. The zero-order valence-corrected chi connectivity index (χ0v) is 21.3. The second-order valence-corrected chi connectivity index (χ2v) is 10.8. The van der Waals surface area contributed by atoms with Crippen LogP contribution in [0.2, 0.25) is 0 Å². The lowest BCUT2D eigenvalue weighted by molar-refractivity contribution is -0.144. The number of sulfonamides is 1. The van der Waals surface area contributed by atoms with Gasteiger partial charge in [-0.1, -0.05) is 66.2 Å². The summed E-state index contributed by atoms with van der Waals surface area (Å²) in [5.74, 6) is -0.445. The van der Waals surface area contributed by atoms with Crippen LogP contribution in [-0.2, 0) is 26.6 Å². The van der Waals surface area contributed by atoms with Crippen molar-refractivity contribution in [2.45, 2.75) is 31.2 Å². The van der Waals surface area contributed by atoms with Gasteiger partial charge in [0.05, 0.1) is 29.7 Å². The summed E-state index contributed by atoms with van der Waals surface area (Å²) in [6.45, 7) is 3.88. The fourth-order valence-electron chi connectivity index (χ4n) is 4.96. The number of hydrogen-bond acceptors (Lipinski definition) is 4. The molecule has 0 amide bonds. The Labute approximate surface area is 211 Å². The highest BCUT2D eigenvalue weighted by Crippen LogP contribution is 2.46. The monoisotopic (exact) mass is 500 g/mol. The van der Waals surface area contributed by atoms with E-state index in [0.29, 0.717) is 0 Å². The fraction of sp³-hybridized carbons (Fsp3) is 0.207. The largest absolute Gasteiger partial charge is 0.466 e. The molecule has 0 unspecified atom stereocenters. The van der Waals surface area contributed by atoms with E-state index in [1.807, 2.05) is 73.1 Å². The van der Waals surface area contributed by atoms with Crippen molar-refractivity contribution in [2.75, 3.05) is 6.61 Å². The summed E-state index contributed by atoms with van der Waals surface area (Å²) in [4.78, 5) is 13.0. The zero-order chi connectivity index (χ0) is 25.4. The van der Waals surface area contributed by atoms with E-state index in [2.05, 4.69) is 0 Å². The summed E-state index contributed by atoms with van der Waals surface area (Å²) in [5.41, 5.74) is 5.32. The molecule has 0 aliphatic carbocycles. The molecule has 0 saturated carbocycles. The summed E-state index contributed by atoms with van der Waals surface area (Å²) in [6.07, 6.45) is 1.58. The first-order valence-corrected chi connectivity index (χ1v) is 13.4. The lowest BCUT2D eigenvalue weighted by Gasteiger charge is -2.35. The first-order chi connectivity index (χ1) is 17.3. The minimum Gasteiger partial charge on any atom is -0.466 e. The standard InChI is InChI=1S/C29H28N2O4S/c1-4-35-27(32)18-26-29-28(23-12-8-9-13-25(23)30(29)3)24(21-10-6-5-7-11-21)19-31(26)36(33,34)22-16-14-20(2)15-17-22/h5-17,19,26H,4,18H2,1-3H3/t26-/m1/s1. The Bertz CT molecular complexity index is 1570. The lowest BCUT2D eigenvalue weighted by Crippen LogP contribution is -2.36. The van der Waals surface area contributed by atoms with Crippen molar-refractivity contribution in [1.29, 1.82) is 0 Å². The second kappa shape index (κ2) is 9.32. The number of nitrogens with zero attached hydrogens (tertiary/aromatic N) is 2. The highest BCUT2D eigenvalue weighted by Gasteiger charge is 2.40. The van der Waals surface area contributed by atoms with E-state index in [1.165, 1.54) is 4.31 Å². The normalized spacial score (nSPS) is 15.5. The van der Waals surface area contributed by atoms with Crippen LogP contribution in [0.1, 0.15) is 41.8 Å². The molecular formula is C29H28N2O4S. The molecule has 7 heteroatoms. The fourth-order valence-corrected chi connectivity index (χ4v) is 6.44. The maximum atomic E-state index is 14.1. The van der Waals surface area contributed by atoms with Gasteiger partial charge in [-0.25, -0.2) is 8.42 Å². The van der Waals surface area contributed by atoms with E-state index in [9.17, 15) is 13.2 Å². The van der Waals surface area contributed by atoms with Crippen LogP contribution in [0.5, 0.6) is 0 Å². The van der Waals surface area contributed by atoms with E-state index >= 15 is 0 Å². The number of aromatic nitrogens is 1. The average molecular weight is 501 g/mol. The molecule has 0 N–H and O–H groups in total. The van der Waals surface area contributed by atoms with Crippen LogP contribution in [0, 0.1) is 6.92 Å². The zero-order valence-electron chi connectivity index (χ0n) is 20.5. The summed E-state index contributed by atoms with van der Waals surface area (Å²) in [5, 5.41) is 1.01. The van der Waals surface area contributed by atoms with Gasteiger partial charge in [0.2, 0.25) is 0 Å². The van der Waals surface area contributed by atoms with Crippen LogP contribution in [-0.4, -0.2) is 29.9 Å². The molecule has 5 rings (SSSR count). The summed E-state index contributed by atoms with van der Waals surface area (Å²) in [6, 6.07) is 23.7. The Morgan fingerprint density at radius 2 is 1.61 bits per heavy atom. The first kappa shape index (κ1) is 23.9. The topological polar surface area (TPSA) is 68.6 Å². The highest BCUT2D eigenvalue weighted by atomic mass is 32.2. The van der Waals surface area contributed by atoms with Crippen molar-refractivity contribution in [3.05, 3.63) is 107 Å². The molecule has 1 aliphatic heterocycles. The molecule has 0 radical (unpaired) electrons. The van der Waals surface area contributed by atoms with Gasteiger partial charge in [-0.05, 0) is 37.6 Å². The lowest BCUT2D eigenvalue weighted by atomic mass is 9.90. The van der Waals surface area contributed by atoms with Gasteiger partial charge >= 0.3 is 5.97 Å². The SMILES string of the molecule is CCOC(=O)C[C@@H]1c2c(c3ccccc3n2C)C(c2ccccc2)=CN1S(=O)(=O)c1ccc(C)cc1. The number of benzene rings is 3. The molecule has 0 spiro atoms. The maximum absolute atomic E-state index is 14.1. The van der Waals surface area contributed by atoms with E-state index in [1.54, 1.807) is 37.4 Å². The molecule has 1 aromatic heterocycles. The Balaban J connectivity index is 1.81. The number of carbonyl (C=O) groups is 1. The molecule has 2 heterocycles. The molecule has 1 aliphatic rings. The molecule has 4 aromatic rings. The van der Waals surface area contributed by atoms with Crippen molar-refractivity contribution in [1.82, 2.24) is 8.87 Å². The molecule has 6 nitrogen and oxygen atoms in total. The third kappa shape index (κ3) is 3.99. The Kier molecular flexibility index (Phi) is 6.18. The smallest absolute Gasteiger partial charge is 0.308 e. The van der Waals surface area contributed by atoms with E-state index in [4.69, 9.17) is 4.74 Å². The third-order valence-corrected chi connectivity index (χ3v) is 8.43. The van der Waals surface area contributed by atoms with E-state index in [0.717, 1.165) is 38.9 Å². The molecule has 0 saturated heterocycles. The van der Waals surface area contributed by atoms with Gasteiger partial charge in [0.1, 0.15) is 0 Å². The van der Waals surface area contributed by atoms with Gasteiger partial charge < -0.3 is 9.30 Å². The molecule has 1 atom stereocenters. The third-order valence-electron chi connectivity index (χ3n) is 6.65. The predicted molar refractivity (Wildman–Crippen MR) is 141 cm³/mol. The van der Waals surface area contributed by atoms with Gasteiger partial charge in [-0.15, -0.1) is 0 Å². The number of carbonyl (C=O) groups excluding carboxylic acids is 1. The molecule has 184 valence electrons. The van der Waals surface area contributed by atoms with Gasteiger partial charge in [0, 0.05) is 35.3 Å². The van der Waals surface area contributed by atoms with Crippen molar-refractivity contribution >= 4 is 32.5 Å². The van der Waals surface area contributed by atoms with Gasteiger partial charge in [-0.2, -0.15) is 0 Å². The van der Waals surface area contributed by atoms with Crippen LogP contribution in [0.25, 0.3) is 16.5 Å². The number of aryl methyl sites for hydroxylation is 2. The van der Waals surface area contributed by atoms with Crippen molar-refractivity contribution < 1.29 is 17.9 Å². The number of para-hydroxylation sites is 1. The highest BCUT2D eigenvalue weighted by molar-refractivity contribution is 7.89. The minimum atomic E-state index is -3.99. The number of hydrogen-bond donors (Lipinski definition) is 0. The summed E-state index contributed by atoms with van der Waals surface area (Å²) >= 11 is 0. The van der Waals surface area contributed by atoms with Crippen LogP contribution >= 0.6 is 0 Å². The number of rotatable bonds is 6. The van der Waals surface area contributed by atoms with Gasteiger partial charge in [-0.3, -0.25) is 9.10 Å². The van der Waals surface area contributed by atoms with Crippen LogP contribution in [0.15, 0.2) is 90.0 Å². The molecular weight excluding hydrogens is 472 g/mol. The van der Waals surface area contributed by atoms with Crippen molar-refractivity contribution in [3.8, 4) is 0 Å². The number of esters is 1. The molecule has 0 bridgehead atoms. The Hall–Kier alpha value is -3.84. The van der Waals surface area contributed by atoms with Crippen molar-refractivity contribution in [2.24, 2.45) is 7.05 Å². The van der Waals surface area contributed by atoms with Crippen LogP contribution < -0.4 is 0 Å². The van der Waals surface area contributed by atoms with Crippen LogP contribution in [0.4, 0.5) is 0 Å².